The van der Waals surface area contributed by atoms with E-state index in [0.29, 0.717) is 38.2 Å². The Hall–Kier alpha value is -2.39. The van der Waals surface area contributed by atoms with E-state index in [1.165, 1.54) is 0 Å². The number of nitrogens with one attached hydrogen (secondary N) is 2. The van der Waals surface area contributed by atoms with Gasteiger partial charge in [0.1, 0.15) is 10.6 Å². The van der Waals surface area contributed by atoms with E-state index in [-0.39, 0.29) is 16.7 Å². The highest BCUT2D eigenvalue weighted by atomic mass is 32.2. The summed E-state index contributed by atoms with van der Waals surface area (Å²) in [4.78, 5) is 15.0. The predicted molar refractivity (Wildman–Crippen MR) is 110 cm³/mol. The largest absolute Gasteiger partial charge is 0.365 e. The third-order valence-corrected chi connectivity index (χ3v) is 7.38. The second-order valence-corrected chi connectivity index (χ2v) is 9.80. The van der Waals surface area contributed by atoms with Crippen LogP contribution >= 0.6 is 0 Å². The molecule has 1 amide bonds. The molecule has 0 unspecified atom stereocenters. The van der Waals surface area contributed by atoms with Crippen LogP contribution in [0.3, 0.4) is 0 Å². The van der Waals surface area contributed by atoms with Crippen LogP contribution in [0.15, 0.2) is 35.2 Å². The summed E-state index contributed by atoms with van der Waals surface area (Å²) in [5.41, 5.74) is 1.85. The Bertz CT molecular complexity index is 1040. The number of aromatic nitrogens is 2. The lowest BCUT2D eigenvalue weighted by atomic mass is 9.96. The van der Waals surface area contributed by atoms with Crippen LogP contribution in [0.25, 0.3) is 0 Å². The first kappa shape index (κ1) is 19.9. The maximum atomic E-state index is 12.9. The fourth-order valence-electron chi connectivity index (χ4n) is 4.24. The van der Waals surface area contributed by atoms with Crippen molar-refractivity contribution in [1.82, 2.24) is 19.4 Å². The number of carbonyl (C=O) groups is 1. The van der Waals surface area contributed by atoms with Crippen molar-refractivity contribution >= 4 is 21.6 Å². The average molecular weight is 418 g/mol. The molecule has 0 bridgehead atoms. The molecule has 8 nitrogen and oxygen atoms in total. The van der Waals surface area contributed by atoms with Crippen LogP contribution in [0.2, 0.25) is 0 Å². The van der Waals surface area contributed by atoms with Gasteiger partial charge in [-0.05, 0) is 32.0 Å². The van der Waals surface area contributed by atoms with E-state index in [0.717, 1.165) is 11.4 Å². The normalized spacial score (nSPS) is 20.7. The van der Waals surface area contributed by atoms with Crippen molar-refractivity contribution in [1.29, 1.82) is 0 Å². The number of hydrogen-bond acceptors (Lipinski definition) is 5. The van der Waals surface area contributed by atoms with Gasteiger partial charge in [-0.1, -0.05) is 19.1 Å². The molecule has 2 N–H and O–H groups in total. The van der Waals surface area contributed by atoms with Crippen LogP contribution in [0.5, 0.6) is 0 Å². The van der Waals surface area contributed by atoms with Crippen molar-refractivity contribution in [3.63, 3.8) is 0 Å². The molecule has 29 heavy (non-hydrogen) atoms. The monoisotopic (exact) mass is 417 g/mol. The van der Waals surface area contributed by atoms with E-state index in [2.05, 4.69) is 15.1 Å². The molecule has 2 aliphatic rings. The lowest BCUT2D eigenvalue weighted by Gasteiger charge is -2.46. The lowest BCUT2D eigenvalue weighted by Crippen LogP contribution is -2.62. The van der Waals surface area contributed by atoms with Gasteiger partial charge >= 0.3 is 0 Å². The SMILES string of the molecule is Cc1cc(C)n(C[C@H](C)C(=O)N2CCC3(CC2)Nc2ccccc2S(=O)(=O)N3)n1. The van der Waals surface area contributed by atoms with Crippen LogP contribution in [-0.2, 0) is 21.4 Å². The Morgan fingerprint density at radius 1 is 1.24 bits per heavy atom. The molecule has 4 rings (SSSR count). The lowest BCUT2D eigenvalue weighted by molar-refractivity contribution is -0.137. The zero-order chi connectivity index (χ0) is 20.8. The number of piperidine rings is 1. The van der Waals surface area contributed by atoms with Crippen molar-refractivity contribution in [2.45, 2.75) is 50.7 Å². The van der Waals surface area contributed by atoms with Gasteiger partial charge in [-0.15, -0.1) is 0 Å². The van der Waals surface area contributed by atoms with E-state index >= 15 is 0 Å². The van der Waals surface area contributed by atoms with Gasteiger partial charge in [0.05, 0.1) is 23.8 Å². The van der Waals surface area contributed by atoms with Crippen molar-refractivity contribution in [2.24, 2.45) is 5.92 Å². The van der Waals surface area contributed by atoms with Gasteiger partial charge in [-0.25, -0.2) is 8.42 Å². The molecule has 1 aromatic heterocycles. The van der Waals surface area contributed by atoms with Gasteiger partial charge < -0.3 is 10.2 Å². The third-order valence-electron chi connectivity index (χ3n) is 5.78. The predicted octanol–water partition coefficient (Wildman–Crippen LogP) is 1.86. The first-order valence-corrected chi connectivity index (χ1v) is 11.4. The molecule has 2 aromatic rings. The molecule has 1 saturated heterocycles. The highest BCUT2D eigenvalue weighted by Gasteiger charge is 2.44. The van der Waals surface area contributed by atoms with Gasteiger partial charge in [0.25, 0.3) is 0 Å². The average Bonchev–Trinajstić information content (AvgIpc) is 2.98. The minimum absolute atomic E-state index is 0.0754. The number of sulfonamides is 1. The number of benzene rings is 1. The van der Waals surface area contributed by atoms with Crippen LogP contribution in [-0.4, -0.2) is 47.8 Å². The second kappa shape index (κ2) is 7.14. The fraction of sp³-hybridized carbons (Fsp3) is 0.500. The fourth-order valence-corrected chi connectivity index (χ4v) is 5.79. The molecule has 0 radical (unpaired) electrons. The van der Waals surface area contributed by atoms with Crippen LogP contribution in [0.1, 0.15) is 31.2 Å². The smallest absolute Gasteiger partial charge is 0.244 e. The Morgan fingerprint density at radius 3 is 2.59 bits per heavy atom. The molecule has 0 saturated carbocycles. The first-order valence-electron chi connectivity index (χ1n) is 9.90. The molecule has 1 aromatic carbocycles. The molecule has 0 aliphatic carbocycles. The van der Waals surface area contributed by atoms with Gasteiger partial charge in [0.2, 0.25) is 15.9 Å². The Morgan fingerprint density at radius 2 is 1.93 bits per heavy atom. The van der Waals surface area contributed by atoms with E-state index in [4.69, 9.17) is 0 Å². The van der Waals surface area contributed by atoms with Crippen molar-refractivity contribution in [2.75, 3.05) is 18.4 Å². The minimum Gasteiger partial charge on any atom is -0.365 e. The zero-order valence-electron chi connectivity index (χ0n) is 17.0. The molecular weight excluding hydrogens is 390 g/mol. The molecule has 9 heteroatoms. The summed E-state index contributed by atoms with van der Waals surface area (Å²) in [6.45, 7) is 7.38. The molecule has 1 fully saturated rings. The molecule has 2 aliphatic heterocycles. The maximum absolute atomic E-state index is 12.9. The Balaban J connectivity index is 1.43. The minimum atomic E-state index is -3.57. The topological polar surface area (TPSA) is 96.3 Å². The summed E-state index contributed by atoms with van der Waals surface area (Å²) in [6.07, 6.45) is 1.03. The van der Waals surface area contributed by atoms with Crippen LogP contribution in [0.4, 0.5) is 5.69 Å². The van der Waals surface area contributed by atoms with Crippen molar-refractivity contribution < 1.29 is 13.2 Å². The number of aryl methyl sites for hydroxylation is 2. The van der Waals surface area contributed by atoms with Crippen LogP contribution < -0.4 is 10.0 Å². The number of anilines is 1. The zero-order valence-corrected chi connectivity index (χ0v) is 17.8. The van der Waals surface area contributed by atoms with Crippen LogP contribution in [0, 0.1) is 19.8 Å². The second-order valence-electron chi connectivity index (χ2n) is 8.14. The number of nitrogens with zero attached hydrogens (tertiary/aromatic N) is 3. The number of hydrogen-bond donors (Lipinski definition) is 2. The van der Waals surface area contributed by atoms with Gasteiger partial charge in [0, 0.05) is 31.6 Å². The van der Waals surface area contributed by atoms with Crippen molar-refractivity contribution in [3.05, 3.63) is 41.7 Å². The summed E-state index contributed by atoms with van der Waals surface area (Å²) >= 11 is 0. The molecular formula is C20H27N5O3S. The summed E-state index contributed by atoms with van der Waals surface area (Å²) in [6, 6.07) is 8.91. The number of fused-ring (bicyclic) bond motifs is 1. The standard InChI is InChI=1S/C20H27N5O3S/c1-14(13-25-16(3)12-15(2)22-25)19(26)24-10-8-20(9-11-24)21-17-6-4-5-7-18(17)29(27,28)23-20/h4-7,12,14,21,23H,8-11,13H2,1-3H3/t14-/m0/s1. The third kappa shape index (κ3) is 3.76. The number of amides is 1. The quantitative estimate of drug-likeness (QED) is 0.795. The summed E-state index contributed by atoms with van der Waals surface area (Å²) < 4.78 is 30.0. The number of likely N-dealkylation sites (tertiary alicyclic amines) is 1. The summed E-state index contributed by atoms with van der Waals surface area (Å²) in [5.74, 6) is -0.120. The maximum Gasteiger partial charge on any atom is 0.244 e. The molecule has 1 spiro atoms. The van der Waals surface area contributed by atoms with Gasteiger partial charge in [-0.2, -0.15) is 9.82 Å². The van der Waals surface area contributed by atoms with Gasteiger partial charge in [-0.3, -0.25) is 9.48 Å². The molecule has 1 atom stereocenters. The number of para-hydroxylation sites is 1. The summed E-state index contributed by atoms with van der Waals surface area (Å²) in [7, 11) is -3.57. The van der Waals surface area contributed by atoms with Gasteiger partial charge in [0.15, 0.2) is 0 Å². The van der Waals surface area contributed by atoms with E-state index in [1.54, 1.807) is 18.2 Å². The Kier molecular flexibility index (Phi) is 4.90. The number of rotatable bonds is 3. The summed E-state index contributed by atoms with van der Waals surface area (Å²) in [5, 5.41) is 7.81. The number of carbonyl (C=O) groups excluding carboxylic acids is 1. The first-order chi connectivity index (χ1) is 13.7. The van der Waals surface area contributed by atoms with E-state index in [9.17, 15) is 13.2 Å². The molecule has 3 heterocycles. The van der Waals surface area contributed by atoms with Crippen molar-refractivity contribution in [3.8, 4) is 0 Å². The van der Waals surface area contributed by atoms with E-state index in [1.807, 2.05) is 42.5 Å². The highest BCUT2D eigenvalue weighted by molar-refractivity contribution is 7.89. The highest BCUT2D eigenvalue weighted by Crippen LogP contribution is 2.35. The molecule has 156 valence electrons. The van der Waals surface area contributed by atoms with E-state index < -0.39 is 15.7 Å². The Labute approximate surface area is 171 Å².